The standard InChI is InChI=1S/C13H11BrO2/c14-11-7-10(12(15)8-13(11)16)6-9-4-2-1-3-5-9/h1-5,7-8,15-16H,6H2. The first-order valence-corrected chi connectivity index (χ1v) is 5.70. The van der Waals surface area contributed by atoms with E-state index in [0.717, 1.165) is 11.1 Å². The van der Waals surface area contributed by atoms with Crippen LogP contribution in [0.3, 0.4) is 0 Å². The quantitative estimate of drug-likeness (QED) is 0.883. The summed E-state index contributed by atoms with van der Waals surface area (Å²) < 4.78 is 0.594. The van der Waals surface area contributed by atoms with Gasteiger partial charge in [0.15, 0.2) is 0 Å². The molecule has 2 N–H and O–H groups in total. The van der Waals surface area contributed by atoms with Crippen molar-refractivity contribution in [3.63, 3.8) is 0 Å². The van der Waals surface area contributed by atoms with Crippen LogP contribution in [-0.2, 0) is 6.42 Å². The summed E-state index contributed by atoms with van der Waals surface area (Å²) in [7, 11) is 0. The molecule has 2 rings (SSSR count). The molecule has 0 radical (unpaired) electrons. The van der Waals surface area contributed by atoms with Crippen LogP contribution in [0.15, 0.2) is 46.9 Å². The molecule has 16 heavy (non-hydrogen) atoms. The SMILES string of the molecule is Oc1cc(O)c(Cc2ccccc2)cc1Br. The molecule has 2 nitrogen and oxygen atoms in total. The average molecular weight is 279 g/mol. The number of phenols is 2. The lowest BCUT2D eigenvalue weighted by molar-refractivity contribution is 0.444. The number of aromatic hydroxyl groups is 2. The van der Waals surface area contributed by atoms with Gasteiger partial charge in [0.25, 0.3) is 0 Å². The highest BCUT2D eigenvalue weighted by atomic mass is 79.9. The largest absolute Gasteiger partial charge is 0.508 e. The maximum atomic E-state index is 9.70. The molecule has 0 unspecified atom stereocenters. The predicted octanol–water partition coefficient (Wildman–Crippen LogP) is 3.45. The van der Waals surface area contributed by atoms with Crippen molar-refractivity contribution in [3.05, 3.63) is 58.1 Å². The zero-order valence-corrected chi connectivity index (χ0v) is 10.1. The summed E-state index contributed by atoms with van der Waals surface area (Å²) in [6.45, 7) is 0. The molecule has 0 saturated heterocycles. The van der Waals surface area contributed by atoms with Crippen molar-refractivity contribution < 1.29 is 10.2 Å². The van der Waals surface area contributed by atoms with Gasteiger partial charge in [-0.3, -0.25) is 0 Å². The van der Waals surface area contributed by atoms with Crippen molar-refractivity contribution in [2.75, 3.05) is 0 Å². The lowest BCUT2D eigenvalue weighted by Gasteiger charge is -2.06. The molecule has 0 heterocycles. The Kier molecular flexibility index (Phi) is 3.15. The number of halogens is 1. The third-order valence-corrected chi connectivity index (χ3v) is 3.02. The van der Waals surface area contributed by atoms with Crippen LogP contribution in [0.25, 0.3) is 0 Å². The number of hydrogen-bond acceptors (Lipinski definition) is 2. The Bertz CT molecular complexity index is 495. The monoisotopic (exact) mass is 278 g/mol. The van der Waals surface area contributed by atoms with Crippen LogP contribution < -0.4 is 0 Å². The van der Waals surface area contributed by atoms with Crippen LogP contribution in [-0.4, -0.2) is 10.2 Å². The van der Waals surface area contributed by atoms with Crippen molar-refractivity contribution in [2.45, 2.75) is 6.42 Å². The second-order valence-corrected chi connectivity index (χ2v) is 4.45. The Balaban J connectivity index is 2.32. The summed E-state index contributed by atoms with van der Waals surface area (Å²) in [5, 5.41) is 19.1. The zero-order valence-electron chi connectivity index (χ0n) is 8.52. The molecule has 0 aliphatic rings. The molecule has 0 aliphatic heterocycles. The Morgan fingerprint density at radius 2 is 1.62 bits per heavy atom. The maximum Gasteiger partial charge on any atom is 0.133 e. The minimum atomic E-state index is 0.0503. The number of benzene rings is 2. The molecule has 0 bridgehead atoms. The number of phenolic OH excluding ortho intramolecular Hbond substituents is 2. The van der Waals surface area contributed by atoms with Gasteiger partial charge in [-0.05, 0) is 33.1 Å². The third-order valence-electron chi connectivity index (χ3n) is 2.39. The summed E-state index contributed by atoms with van der Waals surface area (Å²) in [5.74, 6) is 0.166. The highest BCUT2D eigenvalue weighted by Gasteiger charge is 2.07. The van der Waals surface area contributed by atoms with E-state index in [0.29, 0.717) is 10.9 Å². The first kappa shape index (κ1) is 11.0. The Hall–Kier alpha value is -1.48. The first-order chi connectivity index (χ1) is 7.66. The summed E-state index contributed by atoms with van der Waals surface area (Å²) in [5.41, 5.74) is 1.91. The number of rotatable bonds is 2. The van der Waals surface area contributed by atoms with Crippen LogP contribution in [0.2, 0.25) is 0 Å². The molecule has 2 aromatic rings. The minimum absolute atomic E-state index is 0.0503. The van der Waals surface area contributed by atoms with Crippen molar-refractivity contribution in [2.24, 2.45) is 0 Å². The lowest BCUT2D eigenvalue weighted by Crippen LogP contribution is -1.89. The van der Waals surface area contributed by atoms with E-state index in [4.69, 9.17) is 0 Å². The topological polar surface area (TPSA) is 40.5 Å². The minimum Gasteiger partial charge on any atom is -0.508 e. The molecular weight excluding hydrogens is 268 g/mol. The zero-order chi connectivity index (χ0) is 11.5. The molecule has 0 aliphatic carbocycles. The summed E-state index contributed by atoms with van der Waals surface area (Å²) in [4.78, 5) is 0. The van der Waals surface area contributed by atoms with Gasteiger partial charge in [0.05, 0.1) is 4.47 Å². The van der Waals surface area contributed by atoms with E-state index in [1.807, 2.05) is 30.3 Å². The lowest BCUT2D eigenvalue weighted by atomic mass is 10.0. The van der Waals surface area contributed by atoms with Crippen LogP contribution in [0.1, 0.15) is 11.1 Å². The molecule has 0 saturated carbocycles. The molecule has 82 valence electrons. The van der Waals surface area contributed by atoms with Gasteiger partial charge in [-0.2, -0.15) is 0 Å². The van der Waals surface area contributed by atoms with E-state index in [2.05, 4.69) is 15.9 Å². The highest BCUT2D eigenvalue weighted by molar-refractivity contribution is 9.10. The molecule has 0 aromatic heterocycles. The van der Waals surface area contributed by atoms with Gasteiger partial charge < -0.3 is 10.2 Å². The molecule has 0 amide bonds. The van der Waals surface area contributed by atoms with E-state index in [1.54, 1.807) is 6.07 Å². The van der Waals surface area contributed by atoms with Gasteiger partial charge in [-0.1, -0.05) is 30.3 Å². The van der Waals surface area contributed by atoms with E-state index in [1.165, 1.54) is 6.07 Å². The van der Waals surface area contributed by atoms with Gasteiger partial charge in [0, 0.05) is 12.5 Å². The van der Waals surface area contributed by atoms with E-state index in [9.17, 15) is 10.2 Å². The van der Waals surface area contributed by atoms with Crippen molar-refractivity contribution >= 4 is 15.9 Å². The fourth-order valence-corrected chi connectivity index (χ4v) is 1.94. The maximum absolute atomic E-state index is 9.70. The van der Waals surface area contributed by atoms with Crippen LogP contribution in [0.4, 0.5) is 0 Å². The first-order valence-electron chi connectivity index (χ1n) is 4.91. The predicted molar refractivity (Wildman–Crippen MR) is 66.7 cm³/mol. The van der Waals surface area contributed by atoms with E-state index >= 15 is 0 Å². The van der Waals surface area contributed by atoms with E-state index < -0.39 is 0 Å². The second-order valence-electron chi connectivity index (χ2n) is 3.59. The van der Waals surface area contributed by atoms with Gasteiger partial charge in [-0.15, -0.1) is 0 Å². The fraction of sp³-hybridized carbons (Fsp3) is 0.0769. The average Bonchev–Trinajstić information content (AvgIpc) is 2.27. The summed E-state index contributed by atoms with van der Waals surface area (Å²) in [6.07, 6.45) is 0.644. The highest BCUT2D eigenvalue weighted by Crippen LogP contribution is 2.32. The number of hydrogen-bond donors (Lipinski definition) is 2. The third kappa shape index (κ3) is 2.36. The Labute approximate surface area is 102 Å². The molecule has 3 heteroatoms. The fourth-order valence-electron chi connectivity index (χ4n) is 1.55. The molecule has 0 fully saturated rings. The second kappa shape index (κ2) is 4.58. The van der Waals surface area contributed by atoms with E-state index in [-0.39, 0.29) is 11.5 Å². The van der Waals surface area contributed by atoms with Crippen LogP contribution >= 0.6 is 15.9 Å². The van der Waals surface area contributed by atoms with Crippen LogP contribution in [0.5, 0.6) is 11.5 Å². The molecular formula is C13H11BrO2. The summed E-state index contributed by atoms with van der Waals surface area (Å²) >= 11 is 3.23. The molecule has 2 aromatic carbocycles. The Morgan fingerprint density at radius 1 is 0.938 bits per heavy atom. The van der Waals surface area contributed by atoms with Gasteiger partial charge in [0.1, 0.15) is 11.5 Å². The van der Waals surface area contributed by atoms with Gasteiger partial charge in [-0.25, -0.2) is 0 Å². The smallest absolute Gasteiger partial charge is 0.133 e. The van der Waals surface area contributed by atoms with Crippen molar-refractivity contribution in [3.8, 4) is 11.5 Å². The van der Waals surface area contributed by atoms with Gasteiger partial charge in [0.2, 0.25) is 0 Å². The molecule has 0 atom stereocenters. The van der Waals surface area contributed by atoms with Crippen LogP contribution in [0, 0.1) is 0 Å². The summed E-state index contributed by atoms with van der Waals surface area (Å²) in [6, 6.07) is 13.0. The van der Waals surface area contributed by atoms with Crippen molar-refractivity contribution in [1.82, 2.24) is 0 Å². The van der Waals surface area contributed by atoms with Gasteiger partial charge >= 0.3 is 0 Å². The normalized spacial score (nSPS) is 10.3. The van der Waals surface area contributed by atoms with Crippen molar-refractivity contribution in [1.29, 1.82) is 0 Å². The molecule has 0 spiro atoms. The Morgan fingerprint density at radius 3 is 2.31 bits per heavy atom.